The molecular weight excluding hydrogens is 514 g/mol. The zero-order valence-electron chi connectivity index (χ0n) is 23.9. The first-order valence-electron chi connectivity index (χ1n) is 13.9. The van der Waals surface area contributed by atoms with Crippen molar-refractivity contribution in [2.24, 2.45) is 0 Å². The van der Waals surface area contributed by atoms with Gasteiger partial charge in [0.2, 0.25) is 0 Å². The average molecular weight is 554 g/mol. The highest BCUT2D eigenvalue weighted by molar-refractivity contribution is 6.36. The van der Waals surface area contributed by atoms with Crippen molar-refractivity contribution in [2.45, 2.75) is 109 Å². The summed E-state index contributed by atoms with van der Waals surface area (Å²) in [5.74, 6) is -3.52. The molecule has 0 amide bonds. The predicted molar refractivity (Wildman–Crippen MR) is 145 cm³/mol. The minimum absolute atomic E-state index is 0.375. The van der Waals surface area contributed by atoms with E-state index in [0.29, 0.717) is 13.1 Å². The molecule has 216 valence electrons. The molecule has 0 N–H and O–H groups in total. The Morgan fingerprint density at radius 2 is 1.27 bits per heavy atom. The maximum absolute atomic E-state index is 14.1. The minimum atomic E-state index is -1.06. The van der Waals surface area contributed by atoms with Crippen LogP contribution in [0, 0.1) is 0 Å². The van der Waals surface area contributed by atoms with Crippen LogP contribution in [0.15, 0.2) is 60.7 Å². The highest BCUT2D eigenvalue weighted by Crippen LogP contribution is 2.45. The van der Waals surface area contributed by atoms with Gasteiger partial charge in [0.15, 0.2) is 17.9 Å². The number of nitrogens with zero attached hydrogens (tertiary/aromatic N) is 1. The fourth-order valence-electron chi connectivity index (χ4n) is 5.70. The number of Topliss-reactive ketones (excluding diaryl/α,β-unsaturated/α-hetero) is 1. The van der Waals surface area contributed by atoms with Gasteiger partial charge in [-0.15, -0.1) is 0 Å². The van der Waals surface area contributed by atoms with Crippen LogP contribution in [0.2, 0.25) is 0 Å². The van der Waals surface area contributed by atoms with Crippen molar-refractivity contribution in [3.05, 3.63) is 71.8 Å². The molecule has 3 saturated heterocycles. The topological polar surface area (TPSA) is 92.8 Å². The number of ether oxygens (including phenoxy) is 6. The van der Waals surface area contributed by atoms with Gasteiger partial charge < -0.3 is 28.4 Å². The molecule has 9 nitrogen and oxygen atoms in total. The van der Waals surface area contributed by atoms with Gasteiger partial charge in [-0.1, -0.05) is 60.7 Å². The predicted octanol–water partition coefficient (Wildman–Crippen LogP) is 3.97. The Balaban J connectivity index is 1.58. The molecule has 0 spiro atoms. The number of hydrogen-bond donors (Lipinski definition) is 0. The van der Waals surface area contributed by atoms with Gasteiger partial charge in [0.25, 0.3) is 5.78 Å². The van der Waals surface area contributed by atoms with Crippen molar-refractivity contribution >= 4 is 11.8 Å². The van der Waals surface area contributed by atoms with E-state index < -0.39 is 66.2 Å². The number of hydrogen-bond acceptors (Lipinski definition) is 9. The van der Waals surface area contributed by atoms with Crippen molar-refractivity contribution < 1.29 is 38.0 Å². The maximum Gasteiger partial charge on any atom is 0.376 e. The van der Waals surface area contributed by atoms with Crippen molar-refractivity contribution in [1.82, 2.24) is 4.90 Å². The van der Waals surface area contributed by atoms with Gasteiger partial charge in [0.1, 0.15) is 30.5 Å². The number of benzene rings is 2. The van der Waals surface area contributed by atoms with Crippen LogP contribution in [-0.2, 0) is 51.1 Å². The van der Waals surface area contributed by atoms with E-state index in [1.54, 1.807) is 27.7 Å². The fourth-order valence-corrected chi connectivity index (χ4v) is 5.70. The molecule has 3 fully saturated rings. The van der Waals surface area contributed by atoms with E-state index in [1.165, 1.54) is 0 Å². The number of carbonyl (C=O) groups excluding carboxylic acids is 2. The third-order valence-corrected chi connectivity index (χ3v) is 7.16. The fraction of sp³-hybridized carbons (Fsp3) is 0.548. The molecular formula is C31H39NO8. The van der Waals surface area contributed by atoms with E-state index in [1.807, 2.05) is 79.4 Å². The van der Waals surface area contributed by atoms with Crippen molar-refractivity contribution in [2.75, 3.05) is 0 Å². The lowest BCUT2D eigenvalue weighted by atomic mass is 9.90. The van der Waals surface area contributed by atoms with Crippen LogP contribution in [0.1, 0.15) is 52.7 Å². The van der Waals surface area contributed by atoms with Crippen LogP contribution in [0.4, 0.5) is 0 Å². The SMILES string of the molecule is CC(C)OC(=O)C(=O)[C@@H]([C@H]1O[C@@H]2OC(C)(C)O[C@@H]2[C@H]2OC(C)(C)O[C@H]21)N(Cc1ccccc1)Cc1ccccc1. The van der Waals surface area contributed by atoms with Crippen LogP contribution in [-0.4, -0.2) is 71.1 Å². The molecule has 3 aliphatic heterocycles. The third kappa shape index (κ3) is 6.30. The van der Waals surface area contributed by atoms with Gasteiger partial charge in [0, 0.05) is 13.1 Å². The molecule has 6 atom stereocenters. The molecule has 3 heterocycles. The Hall–Kier alpha value is -2.66. The average Bonchev–Trinajstić information content (AvgIpc) is 3.38. The first-order chi connectivity index (χ1) is 18.9. The van der Waals surface area contributed by atoms with Gasteiger partial charge in [0.05, 0.1) is 6.10 Å². The van der Waals surface area contributed by atoms with Gasteiger partial charge >= 0.3 is 5.97 Å². The maximum atomic E-state index is 14.1. The molecule has 0 aliphatic carbocycles. The molecule has 0 bridgehead atoms. The highest BCUT2D eigenvalue weighted by atomic mass is 16.9. The molecule has 0 unspecified atom stereocenters. The van der Waals surface area contributed by atoms with Crippen molar-refractivity contribution in [3.8, 4) is 0 Å². The second-order valence-corrected chi connectivity index (χ2v) is 11.8. The zero-order valence-corrected chi connectivity index (χ0v) is 23.9. The molecule has 40 heavy (non-hydrogen) atoms. The number of rotatable bonds is 9. The second-order valence-electron chi connectivity index (χ2n) is 11.8. The molecule has 0 radical (unpaired) electrons. The largest absolute Gasteiger partial charge is 0.457 e. The number of esters is 1. The summed E-state index contributed by atoms with van der Waals surface area (Å²) in [6.07, 6.45) is -4.03. The summed E-state index contributed by atoms with van der Waals surface area (Å²) < 4.78 is 36.9. The molecule has 3 aliphatic rings. The van der Waals surface area contributed by atoms with Gasteiger partial charge in [-0.25, -0.2) is 4.79 Å². The molecule has 0 aromatic heterocycles. The zero-order chi connectivity index (χ0) is 28.7. The minimum Gasteiger partial charge on any atom is -0.457 e. The molecule has 2 aromatic carbocycles. The molecule has 9 heteroatoms. The summed E-state index contributed by atoms with van der Waals surface area (Å²) in [5.41, 5.74) is 1.95. The van der Waals surface area contributed by atoms with Crippen LogP contribution in [0.3, 0.4) is 0 Å². The summed E-state index contributed by atoms with van der Waals surface area (Å²) in [6, 6.07) is 18.5. The summed E-state index contributed by atoms with van der Waals surface area (Å²) in [7, 11) is 0. The summed E-state index contributed by atoms with van der Waals surface area (Å²) in [4.78, 5) is 29.3. The quantitative estimate of drug-likeness (QED) is 0.338. The first kappa shape index (κ1) is 28.9. The normalized spacial score (nSPS) is 29.1. The molecule has 0 saturated carbocycles. The number of ketones is 1. The Kier molecular flexibility index (Phi) is 8.16. The Morgan fingerprint density at radius 3 is 1.82 bits per heavy atom. The monoisotopic (exact) mass is 553 g/mol. The van der Waals surface area contributed by atoms with E-state index in [2.05, 4.69) is 0 Å². The molecule has 5 rings (SSSR count). The summed E-state index contributed by atoms with van der Waals surface area (Å²) >= 11 is 0. The highest BCUT2D eigenvalue weighted by Gasteiger charge is 2.63. The van der Waals surface area contributed by atoms with Crippen molar-refractivity contribution in [1.29, 1.82) is 0 Å². The van der Waals surface area contributed by atoms with E-state index in [0.717, 1.165) is 11.1 Å². The number of fused-ring (bicyclic) bond motifs is 3. The smallest absolute Gasteiger partial charge is 0.376 e. The third-order valence-electron chi connectivity index (χ3n) is 7.16. The van der Waals surface area contributed by atoms with Crippen molar-refractivity contribution in [3.63, 3.8) is 0 Å². The second kappa shape index (κ2) is 11.3. The van der Waals surface area contributed by atoms with Gasteiger partial charge in [-0.05, 0) is 52.7 Å². The Morgan fingerprint density at radius 1 is 0.775 bits per heavy atom. The van der Waals surface area contributed by atoms with Gasteiger partial charge in [-0.2, -0.15) is 0 Å². The molecule has 2 aromatic rings. The standard InChI is InChI=1S/C31H39NO8/c1-19(2)35-28(34)23(33)22(32(17-20-13-9-7-10-14-20)18-21-15-11-8-12-16-21)24-25-26(38-30(3,4)37-25)27-29(36-24)40-31(5,6)39-27/h7-16,19,22,24-27,29H,17-18H2,1-6H3/t22-,24+,25-,26-,27+,29+/m0/s1. The Labute approximate surface area is 235 Å². The van der Waals surface area contributed by atoms with Crippen LogP contribution in [0.5, 0.6) is 0 Å². The van der Waals surface area contributed by atoms with Crippen LogP contribution >= 0.6 is 0 Å². The van der Waals surface area contributed by atoms with Gasteiger partial charge in [-0.3, -0.25) is 9.69 Å². The van der Waals surface area contributed by atoms with E-state index >= 15 is 0 Å². The van der Waals surface area contributed by atoms with Crippen LogP contribution in [0.25, 0.3) is 0 Å². The summed E-state index contributed by atoms with van der Waals surface area (Å²) in [6.45, 7) is 11.4. The lowest BCUT2D eigenvalue weighted by Crippen LogP contribution is -2.64. The Bertz CT molecular complexity index is 1140. The van der Waals surface area contributed by atoms with Crippen LogP contribution < -0.4 is 0 Å². The first-order valence-corrected chi connectivity index (χ1v) is 13.9. The van der Waals surface area contributed by atoms with E-state index in [9.17, 15) is 9.59 Å². The summed E-state index contributed by atoms with van der Waals surface area (Å²) in [5, 5.41) is 0. The lowest BCUT2D eigenvalue weighted by Gasteiger charge is -2.43. The van der Waals surface area contributed by atoms with E-state index in [-0.39, 0.29) is 0 Å². The van der Waals surface area contributed by atoms with E-state index in [4.69, 9.17) is 28.4 Å². The lowest BCUT2D eigenvalue weighted by molar-refractivity contribution is -0.246. The number of carbonyl (C=O) groups is 2.